The van der Waals surface area contributed by atoms with Crippen molar-refractivity contribution in [3.63, 3.8) is 0 Å². The van der Waals surface area contributed by atoms with Crippen molar-refractivity contribution in [1.82, 2.24) is 4.90 Å². The van der Waals surface area contributed by atoms with E-state index in [9.17, 15) is 9.59 Å². The van der Waals surface area contributed by atoms with E-state index in [1.165, 1.54) is 12.0 Å². The number of hydrogen-bond donors (Lipinski definition) is 2. The lowest BCUT2D eigenvalue weighted by molar-refractivity contribution is -0.137. The average Bonchev–Trinajstić information content (AvgIpc) is 3.21. The van der Waals surface area contributed by atoms with Gasteiger partial charge in [0.2, 0.25) is 0 Å². The van der Waals surface area contributed by atoms with Crippen LogP contribution < -0.4 is 10.5 Å². The van der Waals surface area contributed by atoms with Gasteiger partial charge in [-0.05, 0) is 37.0 Å². The summed E-state index contributed by atoms with van der Waals surface area (Å²) in [5, 5.41) is 8.93. The number of amides is 1. The molecular formula is C14H18N2O4. The summed E-state index contributed by atoms with van der Waals surface area (Å²) in [6.07, 6.45) is 2.08. The number of rotatable bonds is 6. The number of carbonyl (C=O) groups is 2. The van der Waals surface area contributed by atoms with Crippen molar-refractivity contribution >= 4 is 17.6 Å². The molecule has 1 amide bonds. The number of hydrogen-bond acceptors (Lipinski definition) is 4. The van der Waals surface area contributed by atoms with Gasteiger partial charge in [-0.3, -0.25) is 9.59 Å². The van der Waals surface area contributed by atoms with E-state index < -0.39 is 5.97 Å². The molecule has 1 aromatic carbocycles. The van der Waals surface area contributed by atoms with Crippen LogP contribution in [0.15, 0.2) is 18.2 Å². The summed E-state index contributed by atoms with van der Waals surface area (Å²) in [5.41, 5.74) is 6.41. The Morgan fingerprint density at radius 1 is 1.45 bits per heavy atom. The molecule has 0 saturated heterocycles. The number of aliphatic carboxylic acids is 1. The third-order valence-corrected chi connectivity index (χ3v) is 3.28. The molecule has 6 nitrogen and oxygen atoms in total. The van der Waals surface area contributed by atoms with E-state index in [0.717, 1.165) is 12.8 Å². The fraction of sp³-hybridized carbons (Fsp3) is 0.429. The lowest BCUT2D eigenvalue weighted by Crippen LogP contribution is -2.37. The number of anilines is 1. The maximum atomic E-state index is 12.5. The largest absolute Gasteiger partial charge is 0.497 e. The minimum absolute atomic E-state index is 0.284. The summed E-state index contributed by atoms with van der Waals surface area (Å²) >= 11 is 0. The first kappa shape index (κ1) is 14.2. The van der Waals surface area contributed by atoms with Crippen LogP contribution in [0.3, 0.4) is 0 Å². The molecule has 1 aromatic rings. The van der Waals surface area contributed by atoms with Gasteiger partial charge in [-0.15, -0.1) is 0 Å². The van der Waals surface area contributed by atoms with Crippen molar-refractivity contribution in [2.45, 2.75) is 12.8 Å². The van der Waals surface area contributed by atoms with E-state index in [2.05, 4.69) is 0 Å². The predicted molar refractivity (Wildman–Crippen MR) is 73.7 cm³/mol. The minimum atomic E-state index is -1.03. The lowest BCUT2D eigenvalue weighted by Gasteiger charge is -2.21. The Morgan fingerprint density at radius 2 is 2.15 bits per heavy atom. The van der Waals surface area contributed by atoms with Gasteiger partial charge in [-0.25, -0.2) is 0 Å². The predicted octanol–water partition coefficient (Wildman–Crippen LogP) is 1.21. The van der Waals surface area contributed by atoms with Crippen LogP contribution in [0.2, 0.25) is 0 Å². The minimum Gasteiger partial charge on any atom is -0.497 e. The van der Waals surface area contributed by atoms with Gasteiger partial charge in [0.05, 0.1) is 12.7 Å². The number of nitrogens with two attached hydrogens (primary N) is 1. The van der Waals surface area contributed by atoms with Gasteiger partial charge in [0.15, 0.2) is 0 Å². The molecule has 0 aromatic heterocycles. The maximum Gasteiger partial charge on any atom is 0.323 e. The van der Waals surface area contributed by atoms with Gasteiger partial charge in [-0.2, -0.15) is 0 Å². The topological polar surface area (TPSA) is 92.9 Å². The molecule has 0 heterocycles. The van der Waals surface area contributed by atoms with Crippen LogP contribution in [0, 0.1) is 5.92 Å². The average molecular weight is 278 g/mol. The molecule has 0 aliphatic heterocycles. The van der Waals surface area contributed by atoms with E-state index in [1.54, 1.807) is 18.2 Å². The number of carbonyl (C=O) groups excluding carboxylic acids is 1. The fourth-order valence-corrected chi connectivity index (χ4v) is 2.01. The van der Waals surface area contributed by atoms with Gasteiger partial charge in [0, 0.05) is 12.2 Å². The first-order chi connectivity index (χ1) is 9.51. The highest BCUT2D eigenvalue weighted by molar-refractivity contribution is 6.00. The zero-order chi connectivity index (χ0) is 14.7. The van der Waals surface area contributed by atoms with Crippen LogP contribution in [0.4, 0.5) is 5.69 Å². The van der Waals surface area contributed by atoms with E-state index in [0.29, 0.717) is 23.9 Å². The zero-order valence-corrected chi connectivity index (χ0v) is 11.3. The van der Waals surface area contributed by atoms with E-state index >= 15 is 0 Å². The smallest absolute Gasteiger partial charge is 0.323 e. The number of nitrogen functional groups attached to an aromatic ring is 1. The van der Waals surface area contributed by atoms with Gasteiger partial charge in [0.25, 0.3) is 5.91 Å². The number of carboxylic acid groups (broad SMARTS) is 1. The fourth-order valence-electron chi connectivity index (χ4n) is 2.01. The molecule has 0 bridgehead atoms. The molecule has 0 spiro atoms. The number of nitrogens with zero attached hydrogens (tertiary/aromatic N) is 1. The third-order valence-electron chi connectivity index (χ3n) is 3.28. The summed E-state index contributed by atoms with van der Waals surface area (Å²) in [6, 6.07) is 4.79. The normalized spacial score (nSPS) is 13.8. The summed E-state index contributed by atoms with van der Waals surface area (Å²) in [5.74, 6) is -0.467. The van der Waals surface area contributed by atoms with Crippen LogP contribution >= 0.6 is 0 Å². The second-order valence-corrected chi connectivity index (χ2v) is 4.98. The van der Waals surface area contributed by atoms with Crippen molar-refractivity contribution < 1.29 is 19.4 Å². The second kappa shape index (κ2) is 5.81. The third kappa shape index (κ3) is 3.40. The second-order valence-electron chi connectivity index (χ2n) is 4.98. The zero-order valence-electron chi connectivity index (χ0n) is 11.3. The molecular weight excluding hydrogens is 260 g/mol. The summed E-state index contributed by atoms with van der Waals surface area (Å²) in [6.45, 7) is 0.147. The molecule has 108 valence electrons. The summed E-state index contributed by atoms with van der Waals surface area (Å²) < 4.78 is 5.07. The van der Waals surface area contributed by atoms with Crippen LogP contribution in [0.1, 0.15) is 23.2 Å². The molecule has 0 atom stereocenters. The van der Waals surface area contributed by atoms with Crippen molar-refractivity contribution in [1.29, 1.82) is 0 Å². The number of methoxy groups -OCH3 is 1. The Labute approximate surface area is 117 Å². The molecule has 3 N–H and O–H groups in total. The Hall–Kier alpha value is -2.24. The standard InChI is InChI=1S/C14H18N2O4/c1-20-10-4-5-12(15)11(6-10)14(19)16(8-13(17)18)7-9-2-3-9/h4-6,9H,2-3,7-8,15H2,1H3,(H,17,18). The molecule has 1 aliphatic rings. The van der Waals surface area contributed by atoms with E-state index in [4.69, 9.17) is 15.6 Å². The molecule has 2 rings (SSSR count). The Morgan fingerprint density at radius 3 is 2.70 bits per heavy atom. The number of benzene rings is 1. The molecule has 0 radical (unpaired) electrons. The maximum absolute atomic E-state index is 12.5. The SMILES string of the molecule is COc1ccc(N)c(C(=O)N(CC(=O)O)CC2CC2)c1. The van der Waals surface area contributed by atoms with Crippen molar-refractivity contribution in [3.05, 3.63) is 23.8 Å². The van der Waals surface area contributed by atoms with E-state index in [-0.39, 0.29) is 18.0 Å². The van der Waals surface area contributed by atoms with Crippen molar-refractivity contribution in [3.8, 4) is 5.75 Å². The monoisotopic (exact) mass is 278 g/mol. The molecule has 1 aliphatic carbocycles. The molecule has 1 fully saturated rings. The van der Waals surface area contributed by atoms with Crippen LogP contribution in [0.5, 0.6) is 5.75 Å². The van der Waals surface area contributed by atoms with Gasteiger partial charge in [0.1, 0.15) is 12.3 Å². The number of ether oxygens (including phenoxy) is 1. The Balaban J connectivity index is 2.22. The highest BCUT2D eigenvalue weighted by atomic mass is 16.5. The first-order valence-corrected chi connectivity index (χ1v) is 6.46. The Kier molecular flexibility index (Phi) is 4.12. The van der Waals surface area contributed by atoms with Crippen LogP contribution in [0.25, 0.3) is 0 Å². The quantitative estimate of drug-likeness (QED) is 0.763. The number of carboxylic acids is 1. The summed E-state index contributed by atoms with van der Waals surface area (Å²) in [4.78, 5) is 24.7. The molecule has 1 saturated carbocycles. The first-order valence-electron chi connectivity index (χ1n) is 6.46. The summed E-state index contributed by atoms with van der Waals surface area (Å²) in [7, 11) is 1.50. The van der Waals surface area contributed by atoms with Crippen molar-refractivity contribution in [2.75, 3.05) is 25.9 Å². The lowest BCUT2D eigenvalue weighted by atomic mass is 10.1. The van der Waals surface area contributed by atoms with Crippen molar-refractivity contribution in [2.24, 2.45) is 5.92 Å². The Bertz CT molecular complexity index is 526. The van der Waals surface area contributed by atoms with Crippen LogP contribution in [-0.4, -0.2) is 42.1 Å². The van der Waals surface area contributed by atoms with Gasteiger partial charge in [-0.1, -0.05) is 0 Å². The van der Waals surface area contributed by atoms with E-state index in [1.807, 2.05) is 0 Å². The van der Waals surface area contributed by atoms with Gasteiger partial charge >= 0.3 is 5.97 Å². The highest BCUT2D eigenvalue weighted by Crippen LogP contribution is 2.30. The van der Waals surface area contributed by atoms with Gasteiger partial charge < -0.3 is 20.5 Å². The highest BCUT2D eigenvalue weighted by Gasteiger charge is 2.29. The molecule has 20 heavy (non-hydrogen) atoms. The molecule has 0 unspecified atom stereocenters. The van der Waals surface area contributed by atoms with Crippen LogP contribution in [-0.2, 0) is 4.79 Å². The molecule has 6 heteroatoms.